The molecule has 2 amide bonds. The number of benzene rings is 1. The zero-order chi connectivity index (χ0) is 49.2. The number of aliphatic hydroxyl groups excluding tert-OH is 10. The molecule has 1 aromatic carbocycles. The Bertz CT molecular complexity index is 2210. The number of nitrogens with two attached hydrogens (primary N) is 1. The number of carboxylic acids is 1. The van der Waals surface area contributed by atoms with E-state index in [0.29, 0.717) is 49.1 Å². The number of halogens is 3. The van der Waals surface area contributed by atoms with Crippen LogP contribution in [0.1, 0.15) is 53.4 Å². The maximum atomic E-state index is 14.0. The second-order valence-electron chi connectivity index (χ2n) is 15.6. The minimum Gasteiger partial charge on any atom is -0.542 e. The zero-order valence-electron chi connectivity index (χ0n) is 36.1. The Morgan fingerprint density at radius 2 is 1.45 bits per heavy atom. The topological polar surface area (TPSA) is 371 Å². The van der Waals surface area contributed by atoms with Gasteiger partial charge in [0.25, 0.3) is 17.6 Å². The first kappa shape index (κ1) is 53.5. The van der Waals surface area contributed by atoms with Crippen LogP contribution >= 0.6 is 0 Å². The molecule has 4 heterocycles. The van der Waals surface area contributed by atoms with Gasteiger partial charge in [-0.15, -0.1) is 0 Å². The monoisotopic (exact) mass is 945 g/mol. The number of alkyl halides is 3. The molecule has 368 valence electrons. The van der Waals surface area contributed by atoms with Crippen molar-refractivity contribution in [2.45, 2.75) is 107 Å². The summed E-state index contributed by atoms with van der Waals surface area (Å²) in [5, 5.41) is 113. The standard InChI is InChI=1S/C38H57N9O12.C2HF3O2/c1-3-46-23-6-5-20(15-24(23)47(4-2)29(46)8-12-41-37(58)30-35(39)43-36-22(42-30)7-11-40-36)38(59)44-13-9-21(10-14-44)45(16-25(50)31(54)33(56)27(52)18-48)17-26(51)32(55)34(57)28(53)19-49;3-2(4,5)1(6)7/h5-7,11,15,21,25-28,31-34,48-57H,3-4,8-10,12-14,16-19H2,1-2H3,(H3-,39,40,41,42,43,58);(H,6,7)/t25-,26-,27+,28+,31+,32+,33+,34+;/m0./s1. The zero-order valence-corrected chi connectivity index (χ0v) is 36.1. The molecule has 66 heavy (non-hydrogen) atoms. The van der Waals surface area contributed by atoms with E-state index >= 15 is 0 Å². The number of rotatable bonds is 20. The quantitative estimate of drug-likeness (QED) is 0.0369. The van der Waals surface area contributed by atoms with Crippen LogP contribution in [0, 0.1) is 0 Å². The molecule has 1 aliphatic heterocycles. The van der Waals surface area contributed by atoms with Gasteiger partial charge in [-0.1, -0.05) is 0 Å². The molecule has 0 bridgehead atoms. The summed E-state index contributed by atoms with van der Waals surface area (Å²) in [6, 6.07) is 6.74. The van der Waals surface area contributed by atoms with Crippen molar-refractivity contribution in [2.24, 2.45) is 0 Å². The number of aromatic nitrogens is 5. The van der Waals surface area contributed by atoms with Crippen LogP contribution in [0.5, 0.6) is 0 Å². The average Bonchev–Trinajstić information content (AvgIpc) is 3.89. The highest BCUT2D eigenvalue weighted by molar-refractivity contribution is 5.98. The number of aryl methyl sites for hydroxylation is 2. The van der Waals surface area contributed by atoms with Gasteiger partial charge in [-0.25, -0.2) is 19.1 Å². The number of nitrogens with zero attached hydrogens (tertiary/aromatic N) is 6. The Morgan fingerprint density at radius 1 is 0.909 bits per heavy atom. The first-order valence-corrected chi connectivity index (χ1v) is 21.0. The number of hydrogen-bond acceptors (Lipinski definition) is 18. The number of carbonyl (C=O) groups is 3. The predicted octanol–water partition coefficient (Wildman–Crippen LogP) is -5.13. The number of anilines is 1. The molecule has 5 rings (SSSR count). The molecule has 0 radical (unpaired) electrons. The fourth-order valence-electron chi connectivity index (χ4n) is 7.73. The minimum atomic E-state index is -5.19. The first-order chi connectivity index (χ1) is 31.1. The summed E-state index contributed by atoms with van der Waals surface area (Å²) < 4.78 is 35.8. The third-order valence-corrected chi connectivity index (χ3v) is 11.3. The third kappa shape index (κ3) is 12.8. The van der Waals surface area contributed by atoms with Gasteiger partial charge in [0.2, 0.25) is 0 Å². The highest BCUT2D eigenvalue weighted by Gasteiger charge is 2.38. The Morgan fingerprint density at radius 3 is 1.95 bits per heavy atom. The number of carboxylic acid groups (broad SMARTS) is 1. The molecule has 0 saturated carbocycles. The maximum absolute atomic E-state index is 14.0. The molecule has 0 aliphatic carbocycles. The van der Waals surface area contributed by atoms with Gasteiger partial charge in [-0.2, -0.15) is 13.2 Å². The summed E-state index contributed by atoms with van der Waals surface area (Å²) in [7, 11) is 0. The number of H-pyrrole nitrogens is 1. The SMILES string of the molecule is CCn1c(CCNC(=O)c2nc3cc[nH]c3nc2N)[n+](CC)c2ccc(C(=O)N3CCC(N(C[C@H](O)[C@@H](O)[C@H](O)[C@H](O)CO)C[C@H](O)[C@@H](O)[C@H](O)[C@H](O)CO)CC3)cc21.O=C([O-])C(F)(F)F. The predicted molar refractivity (Wildman–Crippen MR) is 222 cm³/mol. The van der Waals surface area contributed by atoms with E-state index in [1.165, 1.54) is 4.90 Å². The van der Waals surface area contributed by atoms with E-state index < -0.39 is 99.2 Å². The molecule has 8 atom stereocenters. The number of hydrogen-bond donors (Lipinski definition) is 13. The van der Waals surface area contributed by atoms with Crippen LogP contribution in [0.4, 0.5) is 19.0 Å². The number of piperidine rings is 1. The summed E-state index contributed by atoms with van der Waals surface area (Å²) in [5.41, 5.74) is 9.23. The molecule has 0 unspecified atom stereocenters. The lowest BCUT2D eigenvalue weighted by Crippen LogP contribution is -2.56. The average molecular weight is 946 g/mol. The largest absolute Gasteiger partial charge is 0.542 e. The lowest BCUT2D eigenvalue weighted by Gasteiger charge is -2.41. The first-order valence-electron chi connectivity index (χ1n) is 21.0. The molecule has 26 heteroatoms. The lowest BCUT2D eigenvalue weighted by atomic mass is 9.97. The number of likely N-dealkylation sites (tertiary alicyclic amines) is 1. The van der Waals surface area contributed by atoms with Crippen LogP contribution in [0.25, 0.3) is 22.2 Å². The van der Waals surface area contributed by atoms with Gasteiger partial charge in [0, 0.05) is 56.6 Å². The number of fused-ring (bicyclic) bond motifs is 2. The van der Waals surface area contributed by atoms with Crippen molar-refractivity contribution in [1.82, 2.24) is 34.6 Å². The molecule has 4 aromatic rings. The van der Waals surface area contributed by atoms with Crippen molar-refractivity contribution >= 4 is 45.8 Å². The van der Waals surface area contributed by atoms with Crippen LogP contribution < -0.4 is 20.7 Å². The van der Waals surface area contributed by atoms with Crippen molar-refractivity contribution in [3.8, 4) is 0 Å². The summed E-state index contributed by atoms with van der Waals surface area (Å²) in [4.78, 5) is 50.4. The molecule has 1 saturated heterocycles. The van der Waals surface area contributed by atoms with E-state index in [9.17, 15) is 73.8 Å². The smallest absolute Gasteiger partial charge is 0.430 e. The number of carbonyl (C=O) groups excluding carboxylic acids is 3. The maximum Gasteiger partial charge on any atom is 0.430 e. The summed E-state index contributed by atoms with van der Waals surface area (Å²) in [5.74, 6) is -2.74. The van der Waals surface area contributed by atoms with E-state index in [2.05, 4.69) is 29.4 Å². The van der Waals surface area contributed by atoms with Crippen LogP contribution in [0.15, 0.2) is 30.5 Å². The number of aliphatic hydroxyl groups is 10. The van der Waals surface area contributed by atoms with Crippen LogP contribution in [0.3, 0.4) is 0 Å². The number of imidazole rings is 1. The number of amides is 2. The van der Waals surface area contributed by atoms with Crippen molar-refractivity contribution in [3.63, 3.8) is 0 Å². The molecular formula is C40H58F3N9O14. The fourth-order valence-corrected chi connectivity index (χ4v) is 7.73. The van der Waals surface area contributed by atoms with Gasteiger partial charge in [0.1, 0.15) is 48.1 Å². The molecule has 14 N–H and O–H groups in total. The van der Waals surface area contributed by atoms with Gasteiger partial charge in [0.15, 0.2) is 28.2 Å². The van der Waals surface area contributed by atoms with Crippen molar-refractivity contribution < 1.29 is 88.3 Å². The molecule has 1 aliphatic rings. The second-order valence-corrected chi connectivity index (χ2v) is 15.6. The number of aliphatic carboxylic acids is 1. The van der Waals surface area contributed by atoms with E-state index in [1.807, 2.05) is 26.0 Å². The Kier molecular flexibility index (Phi) is 19.1. The van der Waals surface area contributed by atoms with Crippen LogP contribution in [-0.4, -0.2) is 205 Å². The summed E-state index contributed by atoms with van der Waals surface area (Å²) in [6.07, 6.45) is -17.0. The summed E-state index contributed by atoms with van der Waals surface area (Å²) in [6.45, 7) is 3.44. The fraction of sp³-hybridized carbons (Fsp3) is 0.600. The highest BCUT2D eigenvalue weighted by Crippen LogP contribution is 2.24. The highest BCUT2D eigenvalue weighted by atomic mass is 19.4. The minimum absolute atomic E-state index is 0.0138. The van der Waals surface area contributed by atoms with Crippen LogP contribution in [0.2, 0.25) is 0 Å². The van der Waals surface area contributed by atoms with Gasteiger partial charge >= 0.3 is 6.18 Å². The Hall–Kier alpha value is -5.13. The van der Waals surface area contributed by atoms with Crippen molar-refractivity contribution in [1.29, 1.82) is 0 Å². The number of aromatic amines is 1. The molecule has 0 spiro atoms. The summed E-state index contributed by atoms with van der Waals surface area (Å²) >= 11 is 0. The van der Waals surface area contributed by atoms with E-state index in [-0.39, 0.29) is 37.1 Å². The second kappa shape index (κ2) is 23.5. The molecule has 3 aromatic heterocycles. The van der Waals surface area contributed by atoms with Crippen molar-refractivity contribution in [3.05, 3.63) is 47.5 Å². The van der Waals surface area contributed by atoms with Crippen LogP contribution in [-0.2, 0) is 24.3 Å². The van der Waals surface area contributed by atoms with Gasteiger partial charge in [-0.3, -0.25) is 14.5 Å². The van der Waals surface area contributed by atoms with Gasteiger partial charge < -0.3 is 81.9 Å². The normalized spacial score (nSPS) is 17.4. The van der Waals surface area contributed by atoms with E-state index in [4.69, 9.17) is 15.6 Å². The van der Waals surface area contributed by atoms with E-state index in [1.54, 1.807) is 23.2 Å². The Labute approximate surface area is 374 Å². The Balaban J connectivity index is 0.00000126. The lowest BCUT2D eigenvalue weighted by molar-refractivity contribution is -0.676. The third-order valence-electron chi connectivity index (χ3n) is 11.3. The van der Waals surface area contributed by atoms with Gasteiger partial charge in [-0.05, 0) is 44.9 Å². The molecular weight excluding hydrogens is 887 g/mol. The van der Waals surface area contributed by atoms with Crippen molar-refractivity contribution in [2.75, 3.05) is 51.7 Å². The number of nitrogens with one attached hydrogen (secondary N) is 2. The number of nitrogen functional groups attached to an aromatic ring is 1. The van der Waals surface area contributed by atoms with E-state index in [0.717, 1.165) is 16.9 Å². The molecule has 23 nitrogen and oxygen atoms in total. The molecule has 1 fully saturated rings. The van der Waals surface area contributed by atoms with Gasteiger partial charge in [0.05, 0.1) is 44.9 Å².